The zero-order valence-electron chi connectivity index (χ0n) is 17.4. The van der Waals surface area contributed by atoms with Crippen molar-refractivity contribution >= 4 is 17.8 Å². The normalized spacial score (nSPS) is 12.3. The van der Waals surface area contributed by atoms with Crippen LogP contribution in [0.5, 0.6) is 5.75 Å². The predicted octanol–water partition coefficient (Wildman–Crippen LogP) is 2.79. The first kappa shape index (κ1) is 25.3. The van der Waals surface area contributed by atoms with Gasteiger partial charge in [0.1, 0.15) is 24.9 Å². The van der Waals surface area contributed by atoms with Crippen molar-refractivity contribution in [3.05, 3.63) is 29.8 Å². The fourth-order valence-corrected chi connectivity index (χ4v) is 2.59. The summed E-state index contributed by atoms with van der Waals surface area (Å²) in [5.74, 6) is -2.59. The SMILES string of the molecule is CCOC(=O)CN(CC(F)(F)F)C(=O)C(NC(=O)c1ccc(OCC)cc1)C(C)C. The van der Waals surface area contributed by atoms with E-state index in [9.17, 15) is 27.6 Å². The molecular formula is C20H27F3N2O5. The Balaban J connectivity index is 3.01. The van der Waals surface area contributed by atoms with Crippen LogP contribution in [-0.2, 0) is 14.3 Å². The van der Waals surface area contributed by atoms with Crippen LogP contribution in [0.2, 0.25) is 0 Å². The molecule has 1 aromatic carbocycles. The lowest BCUT2D eigenvalue weighted by atomic mass is 10.0. The summed E-state index contributed by atoms with van der Waals surface area (Å²) in [7, 11) is 0. The van der Waals surface area contributed by atoms with Crippen molar-refractivity contribution in [3.63, 3.8) is 0 Å². The van der Waals surface area contributed by atoms with E-state index in [0.29, 0.717) is 17.3 Å². The average Bonchev–Trinajstić information content (AvgIpc) is 2.64. The molecule has 0 heterocycles. The first-order valence-corrected chi connectivity index (χ1v) is 9.53. The van der Waals surface area contributed by atoms with Gasteiger partial charge in [0, 0.05) is 5.56 Å². The quantitative estimate of drug-likeness (QED) is 0.575. The molecule has 0 radical (unpaired) electrons. The zero-order valence-corrected chi connectivity index (χ0v) is 17.4. The molecule has 0 fully saturated rings. The summed E-state index contributed by atoms with van der Waals surface area (Å²) in [6.45, 7) is 4.39. The number of carbonyl (C=O) groups is 3. The molecule has 1 unspecified atom stereocenters. The number of nitrogens with zero attached hydrogens (tertiary/aromatic N) is 1. The van der Waals surface area contributed by atoms with Gasteiger partial charge in [0.2, 0.25) is 5.91 Å². The molecule has 0 aliphatic heterocycles. The minimum atomic E-state index is -4.72. The van der Waals surface area contributed by atoms with Crippen molar-refractivity contribution in [2.24, 2.45) is 5.92 Å². The van der Waals surface area contributed by atoms with Crippen LogP contribution < -0.4 is 10.1 Å². The summed E-state index contributed by atoms with van der Waals surface area (Å²) in [5.41, 5.74) is 0.213. The minimum absolute atomic E-state index is 0.0328. The Morgan fingerprint density at radius 2 is 1.67 bits per heavy atom. The summed E-state index contributed by atoms with van der Waals surface area (Å²) < 4.78 is 48.8. The maximum absolute atomic E-state index is 12.9. The topological polar surface area (TPSA) is 84.9 Å². The van der Waals surface area contributed by atoms with Gasteiger partial charge in [-0.25, -0.2) is 0 Å². The van der Waals surface area contributed by atoms with E-state index in [1.54, 1.807) is 26.0 Å². The number of hydrogen-bond donors (Lipinski definition) is 1. The van der Waals surface area contributed by atoms with Crippen LogP contribution in [0.3, 0.4) is 0 Å². The van der Waals surface area contributed by atoms with Crippen LogP contribution in [0.1, 0.15) is 38.1 Å². The van der Waals surface area contributed by atoms with Crippen LogP contribution in [-0.4, -0.2) is 61.2 Å². The highest BCUT2D eigenvalue weighted by Crippen LogP contribution is 2.19. The first-order valence-electron chi connectivity index (χ1n) is 9.53. The molecular weight excluding hydrogens is 405 g/mol. The van der Waals surface area contributed by atoms with Gasteiger partial charge in [0.05, 0.1) is 13.2 Å². The maximum Gasteiger partial charge on any atom is 0.406 e. The summed E-state index contributed by atoms with van der Waals surface area (Å²) in [5, 5.41) is 2.47. The van der Waals surface area contributed by atoms with Crippen LogP contribution in [0, 0.1) is 5.92 Å². The molecule has 30 heavy (non-hydrogen) atoms. The van der Waals surface area contributed by atoms with Crippen LogP contribution in [0.25, 0.3) is 0 Å². The van der Waals surface area contributed by atoms with Crippen LogP contribution in [0.4, 0.5) is 13.2 Å². The number of hydrogen-bond acceptors (Lipinski definition) is 5. The van der Waals surface area contributed by atoms with Crippen LogP contribution >= 0.6 is 0 Å². The van der Waals surface area contributed by atoms with E-state index in [1.807, 2.05) is 6.92 Å². The van der Waals surface area contributed by atoms with Gasteiger partial charge in [-0.15, -0.1) is 0 Å². The number of halogens is 3. The van der Waals surface area contributed by atoms with E-state index >= 15 is 0 Å². The van der Waals surface area contributed by atoms with Gasteiger partial charge in [0.25, 0.3) is 5.91 Å². The summed E-state index contributed by atoms with van der Waals surface area (Å²) >= 11 is 0. The highest BCUT2D eigenvalue weighted by molar-refractivity contribution is 5.98. The molecule has 1 rings (SSSR count). The molecule has 2 amide bonds. The van der Waals surface area contributed by atoms with E-state index in [-0.39, 0.29) is 12.2 Å². The summed E-state index contributed by atoms with van der Waals surface area (Å²) in [4.78, 5) is 37.4. The van der Waals surface area contributed by atoms with Gasteiger partial charge in [-0.05, 0) is 44.0 Å². The maximum atomic E-state index is 12.9. The van der Waals surface area contributed by atoms with Gasteiger partial charge in [-0.3, -0.25) is 14.4 Å². The second kappa shape index (κ2) is 11.4. The Bertz CT molecular complexity index is 720. The second-order valence-corrected chi connectivity index (χ2v) is 6.77. The molecule has 7 nitrogen and oxygen atoms in total. The molecule has 0 saturated carbocycles. The third kappa shape index (κ3) is 8.30. The van der Waals surface area contributed by atoms with Gasteiger partial charge in [0.15, 0.2) is 0 Å². The Morgan fingerprint density at radius 3 is 2.13 bits per heavy atom. The number of benzene rings is 1. The number of esters is 1. The second-order valence-electron chi connectivity index (χ2n) is 6.77. The monoisotopic (exact) mass is 432 g/mol. The van der Waals surface area contributed by atoms with Gasteiger partial charge < -0.3 is 19.7 Å². The number of carbonyl (C=O) groups excluding carboxylic acids is 3. The number of rotatable bonds is 10. The fourth-order valence-electron chi connectivity index (χ4n) is 2.59. The standard InChI is InChI=1S/C20H27F3N2O5/c1-5-29-15-9-7-14(8-10-15)18(27)24-17(13(3)4)19(28)25(12-20(21,22)23)11-16(26)30-6-2/h7-10,13,17H,5-6,11-12H2,1-4H3,(H,24,27). The lowest BCUT2D eigenvalue weighted by Crippen LogP contribution is -2.54. The van der Waals surface area contributed by atoms with E-state index in [0.717, 1.165) is 0 Å². The molecule has 1 atom stereocenters. The highest BCUT2D eigenvalue weighted by Gasteiger charge is 2.38. The van der Waals surface area contributed by atoms with Crippen molar-refractivity contribution < 1.29 is 37.0 Å². The van der Waals surface area contributed by atoms with Gasteiger partial charge in [-0.1, -0.05) is 13.8 Å². The molecule has 10 heteroatoms. The van der Waals surface area contributed by atoms with E-state index in [2.05, 4.69) is 10.1 Å². The third-order valence-corrected chi connectivity index (χ3v) is 3.95. The van der Waals surface area contributed by atoms with Crippen molar-refractivity contribution in [1.29, 1.82) is 0 Å². The number of amides is 2. The summed E-state index contributed by atoms with van der Waals surface area (Å²) in [6.07, 6.45) is -4.72. The van der Waals surface area contributed by atoms with Crippen molar-refractivity contribution in [3.8, 4) is 5.75 Å². The highest BCUT2D eigenvalue weighted by atomic mass is 19.4. The molecule has 0 aliphatic carbocycles. The molecule has 1 aromatic rings. The largest absolute Gasteiger partial charge is 0.494 e. The van der Waals surface area contributed by atoms with Crippen molar-refractivity contribution in [1.82, 2.24) is 10.2 Å². The number of ether oxygens (including phenoxy) is 2. The smallest absolute Gasteiger partial charge is 0.406 e. The molecule has 168 valence electrons. The van der Waals surface area contributed by atoms with E-state index < -0.39 is 49.0 Å². The third-order valence-electron chi connectivity index (χ3n) is 3.95. The Morgan fingerprint density at radius 1 is 1.07 bits per heavy atom. The van der Waals surface area contributed by atoms with Gasteiger partial charge >= 0.3 is 12.1 Å². The lowest BCUT2D eigenvalue weighted by molar-refractivity contribution is -0.168. The molecule has 0 bridgehead atoms. The summed E-state index contributed by atoms with van der Waals surface area (Å²) in [6, 6.07) is 4.84. The Kier molecular flexibility index (Phi) is 9.61. The molecule has 0 saturated heterocycles. The lowest BCUT2D eigenvalue weighted by Gasteiger charge is -2.29. The first-order chi connectivity index (χ1) is 14.0. The fraction of sp³-hybridized carbons (Fsp3) is 0.550. The van der Waals surface area contributed by atoms with E-state index in [1.165, 1.54) is 19.1 Å². The van der Waals surface area contributed by atoms with Crippen molar-refractivity contribution in [2.75, 3.05) is 26.3 Å². The number of nitrogens with one attached hydrogen (secondary N) is 1. The minimum Gasteiger partial charge on any atom is -0.494 e. The Labute approximate surface area is 173 Å². The molecule has 0 spiro atoms. The number of alkyl halides is 3. The Hall–Kier alpha value is -2.78. The zero-order chi connectivity index (χ0) is 22.9. The van der Waals surface area contributed by atoms with E-state index in [4.69, 9.17) is 4.74 Å². The van der Waals surface area contributed by atoms with Gasteiger partial charge in [-0.2, -0.15) is 13.2 Å². The molecule has 0 aliphatic rings. The average molecular weight is 432 g/mol. The molecule has 1 N–H and O–H groups in total. The molecule has 0 aromatic heterocycles. The van der Waals surface area contributed by atoms with Crippen molar-refractivity contribution in [2.45, 2.75) is 39.9 Å². The predicted molar refractivity (Wildman–Crippen MR) is 103 cm³/mol. The van der Waals surface area contributed by atoms with Crippen LogP contribution in [0.15, 0.2) is 24.3 Å².